The van der Waals surface area contributed by atoms with Crippen LogP contribution in [0.1, 0.15) is 116 Å². The molecule has 4 fully saturated rings. The molecule has 20 heteroatoms. The van der Waals surface area contributed by atoms with Crippen LogP contribution in [0.5, 0.6) is 0 Å². The van der Waals surface area contributed by atoms with Gasteiger partial charge in [-0.05, 0) is 81.7 Å². The van der Waals surface area contributed by atoms with E-state index in [1.165, 1.54) is 38.1 Å². The van der Waals surface area contributed by atoms with Crippen LogP contribution in [0.4, 0.5) is 9.59 Å². The molecule has 1 saturated heterocycles. The smallest absolute Gasteiger partial charge is 0.455 e. The molecular formula is C52H61NO19. The number of benzene rings is 2. The van der Waals surface area contributed by atoms with Crippen LogP contribution in [0.3, 0.4) is 0 Å². The van der Waals surface area contributed by atoms with Gasteiger partial charge in [0.25, 0.3) is 0 Å². The van der Waals surface area contributed by atoms with Crippen molar-refractivity contribution in [3.63, 3.8) is 0 Å². The number of nitrogens with one attached hydrogen (secondary N) is 1. The molecule has 4 aliphatic carbocycles. The second kappa shape index (κ2) is 20.1. The molecule has 2 bridgehead atoms. The van der Waals surface area contributed by atoms with Crippen LogP contribution >= 0.6 is 0 Å². The van der Waals surface area contributed by atoms with Crippen molar-refractivity contribution in [2.45, 2.75) is 148 Å². The summed E-state index contributed by atoms with van der Waals surface area (Å²) in [6, 6.07) is 13.9. The summed E-state index contributed by atoms with van der Waals surface area (Å²) in [7, 11) is 0. The Labute approximate surface area is 415 Å². The molecule has 2 aromatic rings. The SMILES string of the molecule is CCCC(=O)OCC(=O)OC(=O)O[C@@H](C(=O)O[C@H]1C[C@@]2(O)[C@@H](OC(=O)c3ccccc3)[C@@H]3[C@]4(OC(C)=O)CO[C@@H]4C[C@@H]4C[C@@]43C(=O)[C@H](OC(C)=O)C(=C1C)C2(C)C)[C@@H](NC(=O)OC(C)(C)C)c1ccccc1. The van der Waals surface area contributed by atoms with Crippen LogP contribution in [0.15, 0.2) is 71.8 Å². The van der Waals surface area contributed by atoms with E-state index in [9.17, 15) is 38.7 Å². The number of hydrogen-bond donors (Lipinski definition) is 2. The topological polar surface area (TPSA) is 269 Å². The number of rotatable bonds is 14. The molecule has 2 aromatic carbocycles. The molecule has 1 aliphatic heterocycles. The Hall–Kier alpha value is -6.67. The summed E-state index contributed by atoms with van der Waals surface area (Å²) < 4.78 is 51.6. The molecule has 1 spiro atoms. The minimum atomic E-state index is -2.41. The van der Waals surface area contributed by atoms with Gasteiger partial charge in [-0.2, -0.15) is 0 Å². The first-order valence-electron chi connectivity index (χ1n) is 23.8. The zero-order valence-electron chi connectivity index (χ0n) is 41.6. The maximum atomic E-state index is 15.7. The van der Waals surface area contributed by atoms with Crippen LogP contribution in [0.2, 0.25) is 0 Å². The molecule has 0 aromatic heterocycles. The Morgan fingerprint density at radius 2 is 1.53 bits per heavy atom. The molecule has 0 radical (unpaired) electrons. The van der Waals surface area contributed by atoms with E-state index in [0.717, 1.165) is 6.92 Å². The van der Waals surface area contributed by atoms with Gasteiger partial charge >= 0.3 is 48.1 Å². The molecule has 20 nitrogen and oxygen atoms in total. The summed E-state index contributed by atoms with van der Waals surface area (Å²) >= 11 is 0. The third kappa shape index (κ3) is 10.1. The average molecular weight is 1000 g/mol. The minimum absolute atomic E-state index is 0.00795. The number of ether oxygens (including phenoxy) is 9. The highest BCUT2D eigenvalue weighted by Gasteiger charge is 2.84. The fraction of sp³-hybridized carbons (Fsp3) is 0.558. The lowest BCUT2D eigenvalue weighted by Gasteiger charge is -2.64. The lowest BCUT2D eigenvalue weighted by atomic mass is 9.48. The van der Waals surface area contributed by atoms with Crippen LogP contribution in [0.25, 0.3) is 0 Å². The van der Waals surface area contributed by atoms with Gasteiger partial charge in [0.1, 0.15) is 35.6 Å². The molecule has 11 atom stereocenters. The van der Waals surface area contributed by atoms with Crippen LogP contribution in [-0.2, 0) is 71.4 Å². The van der Waals surface area contributed by atoms with Gasteiger partial charge < -0.3 is 53.1 Å². The van der Waals surface area contributed by atoms with E-state index < -0.39 is 143 Å². The predicted molar refractivity (Wildman–Crippen MR) is 246 cm³/mol. The maximum Gasteiger partial charge on any atom is 0.517 e. The van der Waals surface area contributed by atoms with Crippen molar-refractivity contribution < 1.29 is 90.9 Å². The molecule has 388 valence electrons. The standard InChI is InChI=1S/C52H61NO19/c1-10-17-35(56)64-25-36(57)68-47(62)69-40(38(30-18-13-11-14-19-30)53-46(61)72-48(5,6)7)45(60)67-33-24-52(63)43(70-44(59)31-20-15-12-16-21-31)41-50(23-32(50)22-34-51(41,26-65-34)71-29(4)55)42(58)39(66-28(3)54)37(27(33)2)49(52,8)9/h11-16,18-21,32-34,38-41,43,63H,10,17,22-26H2,1-9H3,(H,53,61)/t32-,33+,34-,38+,39-,40-,41+,43+,50-,51+,52-/m1/s1. The maximum absolute atomic E-state index is 15.7. The van der Waals surface area contributed by atoms with Gasteiger partial charge in [-0.3, -0.25) is 19.2 Å². The molecule has 5 aliphatic rings. The van der Waals surface area contributed by atoms with Crippen molar-refractivity contribution in [3.8, 4) is 0 Å². The van der Waals surface area contributed by atoms with E-state index in [2.05, 4.69) is 5.32 Å². The van der Waals surface area contributed by atoms with E-state index in [1.54, 1.807) is 77.9 Å². The highest BCUT2D eigenvalue weighted by molar-refractivity contribution is 5.98. The van der Waals surface area contributed by atoms with Crippen LogP contribution < -0.4 is 5.32 Å². The number of aliphatic hydroxyl groups is 1. The average Bonchev–Trinajstić information content (AvgIpc) is 4.03. The van der Waals surface area contributed by atoms with Gasteiger partial charge in [0.2, 0.25) is 6.10 Å². The van der Waals surface area contributed by atoms with Crippen molar-refractivity contribution in [3.05, 3.63) is 82.9 Å². The molecule has 1 amide bonds. The molecular weight excluding hydrogens is 943 g/mol. The number of esters is 6. The van der Waals surface area contributed by atoms with Gasteiger partial charge in [0.05, 0.1) is 18.1 Å². The number of Topliss-reactive ketones (excluding diaryl/α,β-unsaturated/α-hetero) is 1. The monoisotopic (exact) mass is 1000 g/mol. The van der Waals surface area contributed by atoms with E-state index in [4.69, 9.17) is 42.6 Å². The van der Waals surface area contributed by atoms with Crippen molar-refractivity contribution in [1.29, 1.82) is 0 Å². The summed E-state index contributed by atoms with van der Waals surface area (Å²) in [5, 5.41) is 16.5. The lowest BCUT2D eigenvalue weighted by molar-refractivity contribution is -0.323. The number of hydrogen-bond acceptors (Lipinski definition) is 19. The highest BCUT2D eigenvalue weighted by atomic mass is 16.8. The highest BCUT2D eigenvalue weighted by Crippen LogP contribution is 2.74. The summed E-state index contributed by atoms with van der Waals surface area (Å²) in [5.41, 5.74) is -7.97. The van der Waals surface area contributed by atoms with Crippen LogP contribution in [0, 0.1) is 22.7 Å². The molecule has 0 unspecified atom stereocenters. The van der Waals surface area contributed by atoms with Crippen molar-refractivity contribution >= 4 is 53.8 Å². The molecule has 1 heterocycles. The Balaban J connectivity index is 1.37. The van der Waals surface area contributed by atoms with Crippen molar-refractivity contribution in [1.82, 2.24) is 5.32 Å². The number of carbonyl (C=O) groups excluding carboxylic acids is 9. The van der Waals surface area contributed by atoms with Gasteiger partial charge in [0, 0.05) is 37.5 Å². The lowest BCUT2D eigenvalue weighted by Crippen LogP contribution is -2.78. The second-order valence-corrected chi connectivity index (χ2v) is 20.5. The van der Waals surface area contributed by atoms with Gasteiger partial charge in [0.15, 0.2) is 24.1 Å². The van der Waals surface area contributed by atoms with Gasteiger partial charge in [-0.15, -0.1) is 0 Å². The van der Waals surface area contributed by atoms with Crippen molar-refractivity contribution in [2.24, 2.45) is 22.7 Å². The Morgan fingerprint density at radius 3 is 2.11 bits per heavy atom. The number of fused-ring (bicyclic) bond motifs is 4. The van der Waals surface area contributed by atoms with E-state index in [0.29, 0.717) is 6.42 Å². The zero-order chi connectivity index (χ0) is 52.7. The summed E-state index contributed by atoms with van der Waals surface area (Å²) in [4.78, 5) is 123. The first-order valence-corrected chi connectivity index (χ1v) is 23.8. The van der Waals surface area contributed by atoms with Crippen molar-refractivity contribution in [2.75, 3.05) is 13.2 Å². The summed E-state index contributed by atoms with van der Waals surface area (Å²) in [6.07, 6.45) is -10.8. The third-order valence-corrected chi connectivity index (χ3v) is 14.4. The third-order valence-electron chi connectivity index (χ3n) is 14.4. The quantitative estimate of drug-likeness (QED) is 0.102. The van der Waals surface area contributed by atoms with Gasteiger partial charge in [-0.25, -0.2) is 24.0 Å². The first kappa shape index (κ1) is 53.1. The number of amides is 1. The van der Waals surface area contributed by atoms with Crippen LogP contribution in [-0.4, -0.2) is 119 Å². The summed E-state index contributed by atoms with van der Waals surface area (Å²) in [6.45, 7) is 12.1. The summed E-state index contributed by atoms with van der Waals surface area (Å²) in [5.74, 6) is -8.46. The molecule has 72 heavy (non-hydrogen) atoms. The Kier molecular flexibility index (Phi) is 14.8. The Bertz CT molecular complexity index is 2530. The van der Waals surface area contributed by atoms with E-state index in [1.807, 2.05) is 0 Å². The first-order chi connectivity index (χ1) is 33.8. The fourth-order valence-corrected chi connectivity index (χ4v) is 11.2. The largest absolute Gasteiger partial charge is 0.517 e. The number of ketones is 1. The predicted octanol–water partition coefficient (Wildman–Crippen LogP) is 5.50. The second-order valence-electron chi connectivity index (χ2n) is 20.5. The normalized spacial score (nSPS) is 29.4. The Morgan fingerprint density at radius 1 is 0.875 bits per heavy atom. The minimum Gasteiger partial charge on any atom is -0.455 e. The van der Waals surface area contributed by atoms with E-state index in [-0.39, 0.29) is 48.1 Å². The van der Waals surface area contributed by atoms with Gasteiger partial charge in [-0.1, -0.05) is 69.3 Å². The molecule has 7 rings (SSSR count). The molecule has 2 N–H and O–H groups in total. The number of alkyl carbamates (subject to hydrolysis) is 1. The zero-order valence-corrected chi connectivity index (χ0v) is 41.6. The molecule has 3 saturated carbocycles. The number of carbonyl (C=O) groups is 9. The van der Waals surface area contributed by atoms with E-state index >= 15 is 9.59 Å². The fourth-order valence-electron chi connectivity index (χ4n) is 11.2.